The molecule has 0 fully saturated rings. The van der Waals surface area contributed by atoms with E-state index in [1.807, 2.05) is 26.0 Å². The van der Waals surface area contributed by atoms with Crippen LogP contribution in [0.15, 0.2) is 53.4 Å². The zero-order chi connectivity index (χ0) is 19.4. The van der Waals surface area contributed by atoms with Crippen molar-refractivity contribution in [3.63, 3.8) is 0 Å². The zero-order valence-electron chi connectivity index (χ0n) is 15.3. The Balaban J connectivity index is 1.99. The second kappa shape index (κ2) is 7.85. The van der Waals surface area contributed by atoms with Crippen molar-refractivity contribution in [1.82, 2.24) is 20.2 Å². The standard InChI is InChI=1S/C18H21N5O3S/c1-13(2)23-18(19-21-22-23)16-9-4-5-10-17(16)20-27(24,25)15-8-6-7-14(11-15)12-26-3/h4-11,13,20H,12H2,1-3H3. The molecule has 9 heteroatoms. The summed E-state index contributed by atoms with van der Waals surface area (Å²) < 4.78 is 35.1. The van der Waals surface area contributed by atoms with Crippen molar-refractivity contribution in [3.05, 3.63) is 54.1 Å². The normalized spacial score (nSPS) is 11.7. The Labute approximate surface area is 158 Å². The number of aromatic nitrogens is 4. The number of hydrogen-bond donors (Lipinski definition) is 1. The van der Waals surface area contributed by atoms with Gasteiger partial charge in [-0.3, -0.25) is 4.72 Å². The van der Waals surface area contributed by atoms with Gasteiger partial charge in [-0.1, -0.05) is 24.3 Å². The van der Waals surface area contributed by atoms with Crippen molar-refractivity contribution in [2.45, 2.75) is 31.4 Å². The molecule has 0 atom stereocenters. The number of tetrazole rings is 1. The number of nitrogens with one attached hydrogen (secondary N) is 1. The second-order valence-electron chi connectivity index (χ2n) is 6.27. The molecule has 0 aliphatic rings. The quantitative estimate of drug-likeness (QED) is 0.669. The Morgan fingerprint density at radius 3 is 2.67 bits per heavy atom. The van der Waals surface area contributed by atoms with E-state index in [0.29, 0.717) is 23.7 Å². The van der Waals surface area contributed by atoms with Gasteiger partial charge in [-0.05, 0) is 54.1 Å². The van der Waals surface area contributed by atoms with Crippen LogP contribution in [0.5, 0.6) is 0 Å². The van der Waals surface area contributed by atoms with Crippen molar-refractivity contribution < 1.29 is 13.2 Å². The third kappa shape index (κ3) is 4.15. The summed E-state index contributed by atoms with van der Waals surface area (Å²) in [5, 5.41) is 11.8. The first-order valence-corrected chi connectivity index (χ1v) is 9.88. The lowest BCUT2D eigenvalue weighted by atomic mass is 10.1. The summed E-state index contributed by atoms with van der Waals surface area (Å²) in [6.45, 7) is 4.24. The maximum Gasteiger partial charge on any atom is 0.261 e. The van der Waals surface area contributed by atoms with Gasteiger partial charge >= 0.3 is 0 Å². The summed E-state index contributed by atoms with van der Waals surface area (Å²) in [4.78, 5) is 0.162. The van der Waals surface area contributed by atoms with Crippen LogP contribution in [-0.4, -0.2) is 35.7 Å². The summed E-state index contributed by atoms with van der Waals surface area (Å²) in [5.41, 5.74) is 1.79. The lowest BCUT2D eigenvalue weighted by Crippen LogP contribution is -2.15. The fraction of sp³-hybridized carbons (Fsp3) is 0.278. The molecular formula is C18H21N5O3S. The average molecular weight is 387 g/mol. The third-order valence-electron chi connectivity index (χ3n) is 3.91. The van der Waals surface area contributed by atoms with Crippen LogP contribution >= 0.6 is 0 Å². The molecule has 0 unspecified atom stereocenters. The fourth-order valence-electron chi connectivity index (χ4n) is 2.66. The predicted octanol–water partition coefficient (Wildman–Crippen LogP) is 2.87. The van der Waals surface area contributed by atoms with Crippen LogP contribution < -0.4 is 4.72 Å². The van der Waals surface area contributed by atoms with Crippen molar-refractivity contribution in [1.29, 1.82) is 0 Å². The van der Waals surface area contributed by atoms with Crippen molar-refractivity contribution in [3.8, 4) is 11.4 Å². The fourth-order valence-corrected chi connectivity index (χ4v) is 3.81. The Hall–Kier alpha value is -2.78. The average Bonchev–Trinajstić information content (AvgIpc) is 3.12. The largest absolute Gasteiger partial charge is 0.380 e. The van der Waals surface area contributed by atoms with E-state index in [-0.39, 0.29) is 10.9 Å². The molecule has 1 aromatic heterocycles. The molecule has 1 N–H and O–H groups in total. The lowest BCUT2D eigenvalue weighted by molar-refractivity contribution is 0.184. The molecule has 0 saturated carbocycles. The number of nitrogens with zero attached hydrogens (tertiary/aromatic N) is 4. The van der Waals surface area contributed by atoms with Crippen molar-refractivity contribution in [2.24, 2.45) is 0 Å². The lowest BCUT2D eigenvalue weighted by Gasteiger charge is -2.14. The number of para-hydroxylation sites is 1. The molecule has 0 radical (unpaired) electrons. The number of methoxy groups -OCH3 is 1. The highest BCUT2D eigenvalue weighted by Gasteiger charge is 2.20. The van der Waals surface area contributed by atoms with E-state index in [1.165, 1.54) is 0 Å². The van der Waals surface area contributed by atoms with E-state index in [4.69, 9.17) is 4.74 Å². The number of ether oxygens (including phenoxy) is 1. The molecule has 0 bridgehead atoms. The van der Waals surface area contributed by atoms with E-state index in [0.717, 1.165) is 5.56 Å². The van der Waals surface area contributed by atoms with Gasteiger partial charge in [-0.2, -0.15) is 0 Å². The van der Waals surface area contributed by atoms with Gasteiger partial charge in [0.25, 0.3) is 10.0 Å². The molecule has 0 spiro atoms. The molecular weight excluding hydrogens is 366 g/mol. The summed E-state index contributed by atoms with van der Waals surface area (Å²) >= 11 is 0. The van der Waals surface area contributed by atoms with E-state index in [1.54, 1.807) is 48.2 Å². The zero-order valence-corrected chi connectivity index (χ0v) is 16.1. The van der Waals surface area contributed by atoms with Crippen LogP contribution in [0, 0.1) is 0 Å². The van der Waals surface area contributed by atoms with Crippen LogP contribution in [0.3, 0.4) is 0 Å². The van der Waals surface area contributed by atoms with Gasteiger partial charge in [0.15, 0.2) is 5.82 Å². The van der Waals surface area contributed by atoms with Crippen LogP contribution in [0.2, 0.25) is 0 Å². The first kappa shape index (κ1) is 19.0. The number of rotatable bonds is 7. The summed E-state index contributed by atoms with van der Waals surface area (Å²) in [7, 11) is -2.22. The van der Waals surface area contributed by atoms with E-state index in [2.05, 4.69) is 20.2 Å². The molecule has 2 aromatic carbocycles. The molecule has 3 rings (SSSR count). The molecule has 142 valence electrons. The maximum atomic E-state index is 12.9. The molecule has 0 saturated heterocycles. The topological polar surface area (TPSA) is 99.0 Å². The SMILES string of the molecule is COCc1cccc(S(=O)(=O)Nc2ccccc2-c2nnnn2C(C)C)c1. The van der Waals surface area contributed by atoms with Crippen LogP contribution in [0.4, 0.5) is 5.69 Å². The van der Waals surface area contributed by atoms with Gasteiger partial charge < -0.3 is 4.74 Å². The number of sulfonamides is 1. The molecule has 27 heavy (non-hydrogen) atoms. The Kier molecular flexibility index (Phi) is 5.52. The van der Waals surface area contributed by atoms with E-state index < -0.39 is 10.0 Å². The van der Waals surface area contributed by atoms with Gasteiger partial charge in [-0.15, -0.1) is 5.10 Å². The minimum atomic E-state index is -3.78. The highest BCUT2D eigenvalue weighted by Crippen LogP contribution is 2.29. The van der Waals surface area contributed by atoms with Gasteiger partial charge in [0, 0.05) is 12.7 Å². The Morgan fingerprint density at radius 2 is 1.93 bits per heavy atom. The van der Waals surface area contributed by atoms with Gasteiger partial charge in [-0.25, -0.2) is 13.1 Å². The number of hydrogen-bond acceptors (Lipinski definition) is 6. The summed E-state index contributed by atoms with van der Waals surface area (Å²) in [6, 6.07) is 13.7. The maximum absolute atomic E-state index is 12.9. The van der Waals surface area contributed by atoms with Crippen LogP contribution in [0.1, 0.15) is 25.5 Å². The minimum absolute atomic E-state index is 0.0328. The van der Waals surface area contributed by atoms with Gasteiger partial charge in [0.05, 0.1) is 23.2 Å². The highest BCUT2D eigenvalue weighted by molar-refractivity contribution is 7.92. The molecule has 3 aromatic rings. The van der Waals surface area contributed by atoms with Gasteiger partial charge in [0.1, 0.15) is 0 Å². The third-order valence-corrected chi connectivity index (χ3v) is 5.28. The van der Waals surface area contributed by atoms with Crippen LogP contribution in [-0.2, 0) is 21.4 Å². The predicted molar refractivity (Wildman–Crippen MR) is 102 cm³/mol. The smallest absolute Gasteiger partial charge is 0.261 e. The van der Waals surface area contributed by atoms with E-state index >= 15 is 0 Å². The monoisotopic (exact) mass is 387 g/mol. The first-order valence-electron chi connectivity index (χ1n) is 8.40. The summed E-state index contributed by atoms with van der Waals surface area (Å²) in [5.74, 6) is 0.497. The second-order valence-corrected chi connectivity index (χ2v) is 7.95. The first-order chi connectivity index (χ1) is 12.9. The molecule has 0 aliphatic carbocycles. The Bertz CT molecular complexity index is 1030. The minimum Gasteiger partial charge on any atom is -0.380 e. The Morgan fingerprint density at radius 1 is 1.15 bits per heavy atom. The van der Waals surface area contributed by atoms with Crippen LogP contribution in [0.25, 0.3) is 11.4 Å². The van der Waals surface area contributed by atoms with Crippen molar-refractivity contribution in [2.75, 3.05) is 11.8 Å². The molecule has 0 amide bonds. The number of benzene rings is 2. The highest BCUT2D eigenvalue weighted by atomic mass is 32.2. The molecule has 1 heterocycles. The molecule has 0 aliphatic heterocycles. The summed E-state index contributed by atoms with van der Waals surface area (Å²) in [6.07, 6.45) is 0. The van der Waals surface area contributed by atoms with E-state index in [9.17, 15) is 8.42 Å². The number of anilines is 1. The van der Waals surface area contributed by atoms with Gasteiger partial charge in [0.2, 0.25) is 0 Å². The van der Waals surface area contributed by atoms with Crippen molar-refractivity contribution >= 4 is 15.7 Å². The molecule has 8 nitrogen and oxygen atoms in total.